The summed E-state index contributed by atoms with van der Waals surface area (Å²) in [5.74, 6) is -0.527. The predicted octanol–water partition coefficient (Wildman–Crippen LogP) is 5.06. The molecule has 9 nitrogen and oxygen atoms in total. The highest BCUT2D eigenvalue weighted by Gasteiger charge is 2.27. The van der Waals surface area contributed by atoms with E-state index < -0.39 is 5.91 Å². The van der Waals surface area contributed by atoms with E-state index in [-0.39, 0.29) is 28.8 Å². The summed E-state index contributed by atoms with van der Waals surface area (Å²) in [6.45, 7) is 9.90. The SMILES string of the molecule is Cc1cc2ccnn2c(C(=O)NC(C)C(C)(C)C)c1NC(=O)c1cc(Br)nn1-c1ncccc1Cl. The van der Waals surface area contributed by atoms with Crippen molar-refractivity contribution in [2.75, 3.05) is 5.32 Å². The van der Waals surface area contributed by atoms with Crippen molar-refractivity contribution in [2.45, 2.75) is 40.7 Å². The van der Waals surface area contributed by atoms with Crippen LogP contribution >= 0.6 is 27.5 Å². The van der Waals surface area contributed by atoms with Gasteiger partial charge in [0.25, 0.3) is 11.8 Å². The molecule has 4 aromatic rings. The van der Waals surface area contributed by atoms with Crippen molar-refractivity contribution in [2.24, 2.45) is 5.41 Å². The van der Waals surface area contributed by atoms with Crippen LogP contribution in [0.25, 0.3) is 11.3 Å². The number of hydrogen-bond acceptors (Lipinski definition) is 5. The molecule has 0 spiro atoms. The van der Waals surface area contributed by atoms with Gasteiger partial charge in [-0.25, -0.2) is 14.2 Å². The third-order valence-electron chi connectivity index (χ3n) is 5.83. The monoisotopic (exact) mass is 557 g/mol. The molecule has 4 aromatic heterocycles. The molecule has 4 heterocycles. The van der Waals surface area contributed by atoms with E-state index in [1.54, 1.807) is 36.7 Å². The van der Waals surface area contributed by atoms with Gasteiger partial charge >= 0.3 is 0 Å². The molecule has 0 aliphatic heterocycles. The molecule has 0 saturated carbocycles. The Labute approximate surface area is 216 Å². The number of carbonyl (C=O) groups is 2. The van der Waals surface area contributed by atoms with E-state index in [1.807, 2.05) is 40.7 Å². The third kappa shape index (κ3) is 4.94. The van der Waals surface area contributed by atoms with Crippen LogP contribution in [0.2, 0.25) is 5.02 Å². The van der Waals surface area contributed by atoms with Gasteiger partial charge in [0.1, 0.15) is 10.3 Å². The minimum absolute atomic E-state index is 0.131. The smallest absolute Gasteiger partial charge is 0.274 e. The molecule has 4 rings (SSSR count). The Morgan fingerprint density at radius 1 is 1.14 bits per heavy atom. The summed E-state index contributed by atoms with van der Waals surface area (Å²) in [6.07, 6.45) is 3.17. The van der Waals surface area contributed by atoms with Crippen LogP contribution in [0, 0.1) is 12.3 Å². The summed E-state index contributed by atoms with van der Waals surface area (Å²) in [5, 5.41) is 14.9. The van der Waals surface area contributed by atoms with Gasteiger partial charge in [0.2, 0.25) is 0 Å². The molecule has 1 unspecified atom stereocenters. The first kappa shape index (κ1) is 24.9. The number of pyridine rings is 2. The van der Waals surface area contributed by atoms with Gasteiger partial charge in [0.05, 0.1) is 22.4 Å². The van der Waals surface area contributed by atoms with Crippen molar-refractivity contribution in [1.29, 1.82) is 0 Å². The van der Waals surface area contributed by atoms with Crippen LogP contribution in [0.1, 0.15) is 54.2 Å². The average molecular weight is 559 g/mol. The lowest BCUT2D eigenvalue weighted by atomic mass is 9.88. The molecule has 0 bridgehead atoms. The minimum atomic E-state index is -0.488. The Hall–Kier alpha value is -3.24. The van der Waals surface area contributed by atoms with Crippen LogP contribution in [-0.2, 0) is 0 Å². The Balaban J connectivity index is 1.78. The number of amides is 2. The first-order chi connectivity index (χ1) is 16.5. The Morgan fingerprint density at radius 3 is 2.57 bits per heavy atom. The van der Waals surface area contributed by atoms with Crippen LogP contribution in [-0.4, -0.2) is 42.2 Å². The van der Waals surface area contributed by atoms with Gasteiger partial charge in [0.15, 0.2) is 11.5 Å². The number of aryl methyl sites for hydroxylation is 1. The van der Waals surface area contributed by atoms with Crippen LogP contribution in [0.15, 0.2) is 47.3 Å². The van der Waals surface area contributed by atoms with Gasteiger partial charge in [-0.15, -0.1) is 0 Å². The minimum Gasteiger partial charge on any atom is -0.348 e. The fourth-order valence-corrected chi connectivity index (χ4v) is 4.01. The largest absolute Gasteiger partial charge is 0.348 e. The lowest BCUT2D eigenvalue weighted by molar-refractivity contribution is 0.0903. The highest BCUT2D eigenvalue weighted by atomic mass is 79.9. The van der Waals surface area contributed by atoms with Crippen LogP contribution in [0.3, 0.4) is 0 Å². The summed E-state index contributed by atoms with van der Waals surface area (Å²) in [5.41, 5.74) is 2.05. The second-order valence-corrected chi connectivity index (χ2v) is 10.5. The van der Waals surface area contributed by atoms with Gasteiger partial charge < -0.3 is 10.6 Å². The molecule has 0 aromatic carbocycles. The number of nitrogens with one attached hydrogen (secondary N) is 2. The van der Waals surface area contributed by atoms with Crippen molar-refractivity contribution in [3.05, 3.63) is 69.3 Å². The van der Waals surface area contributed by atoms with E-state index in [4.69, 9.17) is 11.6 Å². The number of hydrogen-bond donors (Lipinski definition) is 2. The first-order valence-corrected chi connectivity index (χ1v) is 12.1. The van der Waals surface area contributed by atoms with Crippen LogP contribution in [0.5, 0.6) is 0 Å². The van der Waals surface area contributed by atoms with Crippen molar-refractivity contribution >= 4 is 50.5 Å². The maximum atomic E-state index is 13.5. The van der Waals surface area contributed by atoms with E-state index in [0.717, 1.165) is 5.52 Å². The highest BCUT2D eigenvalue weighted by molar-refractivity contribution is 9.10. The second-order valence-electron chi connectivity index (χ2n) is 9.31. The molecule has 11 heteroatoms. The van der Waals surface area contributed by atoms with Crippen molar-refractivity contribution in [1.82, 2.24) is 29.7 Å². The van der Waals surface area contributed by atoms with E-state index in [9.17, 15) is 9.59 Å². The Bertz CT molecular complexity index is 1440. The van der Waals surface area contributed by atoms with Crippen molar-refractivity contribution < 1.29 is 9.59 Å². The molecular formula is C24H25BrClN7O2. The standard InChI is InChI=1S/C24H25BrClN7O2/c1-13-11-15-8-10-28-32(15)20(23(35)29-14(2)24(3,4)5)19(13)30-22(34)17-12-18(25)31-33(17)21-16(26)7-6-9-27-21/h6-12,14H,1-5H3,(H,29,35)(H,30,34). The number of rotatable bonds is 5. The predicted molar refractivity (Wildman–Crippen MR) is 138 cm³/mol. The number of carbonyl (C=O) groups excluding carboxylic acids is 2. The van der Waals surface area contributed by atoms with E-state index in [0.29, 0.717) is 26.7 Å². The zero-order valence-corrected chi connectivity index (χ0v) is 22.3. The normalized spacial score (nSPS) is 12.5. The second kappa shape index (κ2) is 9.43. The molecular weight excluding hydrogens is 534 g/mol. The molecule has 182 valence electrons. The Morgan fingerprint density at radius 2 is 1.89 bits per heavy atom. The Kier molecular flexibility index (Phi) is 6.70. The maximum absolute atomic E-state index is 13.5. The number of anilines is 1. The quantitative estimate of drug-likeness (QED) is 0.356. The first-order valence-electron chi connectivity index (χ1n) is 10.9. The number of fused-ring (bicyclic) bond motifs is 1. The average Bonchev–Trinajstić information content (AvgIpc) is 3.39. The lowest BCUT2D eigenvalue weighted by Gasteiger charge is -2.28. The third-order valence-corrected chi connectivity index (χ3v) is 6.51. The summed E-state index contributed by atoms with van der Waals surface area (Å²) >= 11 is 9.62. The summed E-state index contributed by atoms with van der Waals surface area (Å²) < 4.78 is 3.31. The fourth-order valence-electron chi connectivity index (χ4n) is 3.43. The van der Waals surface area contributed by atoms with Crippen molar-refractivity contribution in [3.8, 4) is 5.82 Å². The molecule has 0 radical (unpaired) electrons. The van der Waals surface area contributed by atoms with Gasteiger partial charge in [-0.05, 0) is 65.0 Å². The van der Waals surface area contributed by atoms with Crippen molar-refractivity contribution in [3.63, 3.8) is 0 Å². The van der Waals surface area contributed by atoms with Crippen LogP contribution in [0.4, 0.5) is 5.69 Å². The number of aromatic nitrogens is 5. The fraction of sp³-hybridized carbons (Fsp3) is 0.292. The zero-order chi connectivity index (χ0) is 25.5. The molecule has 0 fully saturated rings. The lowest BCUT2D eigenvalue weighted by Crippen LogP contribution is -2.42. The summed E-state index contributed by atoms with van der Waals surface area (Å²) in [6, 6.07) is 8.44. The zero-order valence-electron chi connectivity index (χ0n) is 19.9. The van der Waals surface area contributed by atoms with E-state index in [2.05, 4.69) is 41.7 Å². The molecule has 2 N–H and O–H groups in total. The summed E-state index contributed by atoms with van der Waals surface area (Å²) in [4.78, 5) is 31.2. The van der Waals surface area contributed by atoms with Crippen LogP contribution < -0.4 is 10.6 Å². The molecule has 2 amide bonds. The van der Waals surface area contributed by atoms with Gasteiger partial charge in [-0.2, -0.15) is 10.2 Å². The van der Waals surface area contributed by atoms with E-state index in [1.165, 1.54) is 9.20 Å². The van der Waals surface area contributed by atoms with Gasteiger partial charge in [-0.3, -0.25) is 9.59 Å². The number of halogens is 2. The van der Waals surface area contributed by atoms with Gasteiger partial charge in [0, 0.05) is 18.3 Å². The molecule has 35 heavy (non-hydrogen) atoms. The molecule has 0 aliphatic carbocycles. The molecule has 1 atom stereocenters. The molecule has 0 saturated heterocycles. The topological polar surface area (TPSA) is 106 Å². The maximum Gasteiger partial charge on any atom is 0.274 e. The number of nitrogens with zero attached hydrogens (tertiary/aromatic N) is 5. The summed E-state index contributed by atoms with van der Waals surface area (Å²) in [7, 11) is 0. The highest BCUT2D eigenvalue weighted by Crippen LogP contribution is 2.27. The van der Waals surface area contributed by atoms with E-state index >= 15 is 0 Å². The van der Waals surface area contributed by atoms with Gasteiger partial charge in [-0.1, -0.05) is 32.4 Å². The molecule has 0 aliphatic rings.